The van der Waals surface area contributed by atoms with Crippen LogP contribution in [0.15, 0.2) is 0 Å². The Morgan fingerprint density at radius 3 is 2.32 bits per heavy atom. The zero-order chi connectivity index (χ0) is 13.3. The van der Waals surface area contributed by atoms with Crippen LogP contribution in [0.4, 0.5) is 0 Å². The molecule has 2 aliphatic rings. The lowest BCUT2D eigenvalue weighted by atomic mass is 10.1. The van der Waals surface area contributed by atoms with Crippen LogP contribution >= 0.6 is 0 Å². The van der Waals surface area contributed by atoms with Crippen molar-refractivity contribution in [2.24, 2.45) is 0 Å². The number of nitrogens with one attached hydrogen (secondary N) is 1. The quantitative estimate of drug-likeness (QED) is 0.714. The molecule has 112 valence electrons. The second-order valence-corrected chi connectivity index (χ2v) is 6.49. The van der Waals surface area contributed by atoms with E-state index in [1.54, 1.807) is 0 Å². The molecule has 2 rings (SSSR count). The first kappa shape index (κ1) is 15.3. The van der Waals surface area contributed by atoms with Crippen LogP contribution in [0.1, 0.15) is 51.4 Å². The van der Waals surface area contributed by atoms with Crippen molar-refractivity contribution < 1.29 is 0 Å². The van der Waals surface area contributed by atoms with E-state index in [1.165, 1.54) is 90.6 Å². The lowest BCUT2D eigenvalue weighted by molar-refractivity contribution is 0.253. The zero-order valence-electron chi connectivity index (χ0n) is 12.9. The Morgan fingerprint density at radius 1 is 0.947 bits per heavy atom. The van der Waals surface area contributed by atoms with Crippen molar-refractivity contribution in [1.82, 2.24) is 15.1 Å². The molecule has 1 aliphatic carbocycles. The molecule has 2 fully saturated rings. The zero-order valence-corrected chi connectivity index (χ0v) is 12.9. The second kappa shape index (κ2) is 8.93. The highest BCUT2D eigenvalue weighted by molar-refractivity contribution is 4.72. The van der Waals surface area contributed by atoms with Crippen LogP contribution in [0.5, 0.6) is 0 Å². The molecule has 0 spiro atoms. The van der Waals surface area contributed by atoms with Crippen LogP contribution in [-0.4, -0.2) is 62.2 Å². The van der Waals surface area contributed by atoms with Crippen LogP contribution in [0.3, 0.4) is 0 Å². The van der Waals surface area contributed by atoms with E-state index in [9.17, 15) is 0 Å². The molecular formula is C16H33N3. The largest absolute Gasteiger partial charge is 0.313 e. The normalized spacial score (nSPS) is 23.1. The topological polar surface area (TPSA) is 18.5 Å². The van der Waals surface area contributed by atoms with Crippen molar-refractivity contribution >= 4 is 0 Å². The van der Waals surface area contributed by atoms with Gasteiger partial charge in [-0.2, -0.15) is 0 Å². The predicted molar refractivity (Wildman–Crippen MR) is 82.7 cm³/mol. The SMILES string of the molecule is CN(CCNC1CCCCCC1)CCN1CCCC1. The third-order valence-electron chi connectivity index (χ3n) is 4.78. The van der Waals surface area contributed by atoms with E-state index in [1.807, 2.05) is 0 Å². The van der Waals surface area contributed by atoms with Crippen molar-refractivity contribution in [2.75, 3.05) is 46.3 Å². The first-order valence-electron chi connectivity index (χ1n) is 8.49. The van der Waals surface area contributed by atoms with Gasteiger partial charge in [-0.3, -0.25) is 0 Å². The highest BCUT2D eigenvalue weighted by Crippen LogP contribution is 2.16. The van der Waals surface area contributed by atoms with Gasteiger partial charge in [-0.15, -0.1) is 0 Å². The Hall–Kier alpha value is -0.120. The Morgan fingerprint density at radius 2 is 1.63 bits per heavy atom. The molecule has 0 bridgehead atoms. The summed E-state index contributed by atoms with van der Waals surface area (Å²) in [6.07, 6.45) is 11.4. The van der Waals surface area contributed by atoms with E-state index >= 15 is 0 Å². The van der Waals surface area contributed by atoms with Gasteiger partial charge in [-0.1, -0.05) is 25.7 Å². The fraction of sp³-hybridized carbons (Fsp3) is 1.00. The summed E-state index contributed by atoms with van der Waals surface area (Å²) in [7, 11) is 2.27. The Bertz CT molecular complexity index is 218. The summed E-state index contributed by atoms with van der Waals surface area (Å²) < 4.78 is 0. The van der Waals surface area contributed by atoms with Crippen LogP contribution in [0, 0.1) is 0 Å². The monoisotopic (exact) mass is 267 g/mol. The van der Waals surface area contributed by atoms with Crippen molar-refractivity contribution in [3.8, 4) is 0 Å². The molecule has 1 aliphatic heterocycles. The summed E-state index contributed by atoms with van der Waals surface area (Å²) in [5.74, 6) is 0. The number of hydrogen-bond donors (Lipinski definition) is 1. The van der Waals surface area contributed by atoms with Gasteiger partial charge in [0.2, 0.25) is 0 Å². The third-order valence-corrected chi connectivity index (χ3v) is 4.78. The molecule has 3 nitrogen and oxygen atoms in total. The summed E-state index contributed by atoms with van der Waals surface area (Å²) in [6.45, 7) is 7.51. The highest BCUT2D eigenvalue weighted by atomic mass is 15.2. The van der Waals surface area contributed by atoms with Crippen LogP contribution < -0.4 is 5.32 Å². The van der Waals surface area contributed by atoms with Gasteiger partial charge in [0, 0.05) is 32.2 Å². The van der Waals surface area contributed by atoms with Gasteiger partial charge in [0.05, 0.1) is 0 Å². The predicted octanol–water partition coefficient (Wildman–Crippen LogP) is 2.33. The molecular weight excluding hydrogens is 234 g/mol. The number of hydrogen-bond acceptors (Lipinski definition) is 3. The standard InChI is InChI=1S/C16H33N3/c1-18(14-15-19-11-6-7-12-19)13-10-17-16-8-4-2-3-5-9-16/h16-17H,2-15H2,1H3. The second-order valence-electron chi connectivity index (χ2n) is 6.49. The van der Waals surface area contributed by atoms with E-state index in [-0.39, 0.29) is 0 Å². The average Bonchev–Trinajstić information content (AvgIpc) is 2.80. The average molecular weight is 267 g/mol. The van der Waals surface area contributed by atoms with E-state index in [4.69, 9.17) is 0 Å². The van der Waals surface area contributed by atoms with E-state index in [0.717, 1.165) is 6.04 Å². The number of likely N-dealkylation sites (tertiary alicyclic amines) is 1. The molecule has 1 saturated carbocycles. The maximum atomic E-state index is 3.77. The summed E-state index contributed by atoms with van der Waals surface area (Å²) in [5, 5.41) is 3.77. The molecule has 0 radical (unpaired) electrons. The van der Waals surface area contributed by atoms with Gasteiger partial charge >= 0.3 is 0 Å². The van der Waals surface area contributed by atoms with Gasteiger partial charge in [-0.05, 0) is 45.8 Å². The molecule has 1 heterocycles. The van der Waals surface area contributed by atoms with Gasteiger partial charge in [0.15, 0.2) is 0 Å². The van der Waals surface area contributed by atoms with Crippen LogP contribution in [0.25, 0.3) is 0 Å². The van der Waals surface area contributed by atoms with Crippen molar-refractivity contribution in [3.63, 3.8) is 0 Å². The molecule has 3 heteroatoms. The van der Waals surface area contributed by atoms with E-state index in [2.05, 4.69) is 22.2 Å². The number of likely N-dealkylation sites (N-methyl/N-ethyl adjacent to an activating group) is 1. The van der Waals surface area contributed by atoms with Crippen molar-refractivity contribution in [2.45, 2.75) is 57.4 Å². The van der Waals surface area contributed by atoms with E-state index < -0.39 is 0 Å². The molecule has 0 amide bonds. The minimum atomic E-state index is 0.800. The molecule has 1 N–H and O–H groups in total. The Kier molecular flexibility index (Phi) is 7.18. The Balaban J connectivity index is 1.49. The molecule has 0 unspecified atom stereocenters. The molecule has 0 aromatic heterocycles. The molecule has 0 aromatic rings. The van der Waals surface area contributed by atoms with Gasteiger partial charge in [0.1, 0.15) is 0 Å². The molecule has 1 saturated heterocycles. The van der Waals surface area contributed by atoms with Gasteiger partial charge in [-0.25, -0.2) is 0 Å². The summed E-state index contributed by atoms with van der Waals surface area (Å²) in [5.41, 5.74) is 0. The van der Waals surface area contributed by atoms with Gasteiger partial charge < -0.3 is 15.1 Å². The first-order chi connectivity index (χ1) is 9.34. The number of nitrogens with zero attached hydrogens (tertiary/aromatic N) is 2. The summed E-state index contributed by atoms with van der Waals surface area (Å²) >= 11 is 0. The molecule has 0 atom stereocenters. The van der Waals surface area contributed by atoms with Crippen molar-refractivity contribution in [3.05, 3.63) is 0 Å². The summed E-state index contributed by atoms with van der Waals surface area (Å²) in [4.78, 5) is 5.09. The fourth-order valence-electron chi connectivity index (χ4n) is 3.37. The smallest absolute Gasteiger partial charge is 0.0109 e. The van der Waals surface area contributed by atoms with Crippen LogP contribution in [-0.2, 0) is 0 Å². The van der Waals surface area contributed by atoms with E-state index in [0.29, 0.717) is 0 Å². The minimum absolute atomic E-state index is 0.800. The van der Waals surface area contributed by atoms with Crippen molar-refractivity contribution in [1.29, 1.82) is 0 Å². The van der Waals surface area contributed by atoms with Crippen LogP contribution in [0.2, 0.25) is 0 Å². The highest BCUT2D eigenvalue weighted by Gasteiger charge is 2.13. The summed E-state index contributed by atoms with van der Waals surface area (Å²) in [6, 6.07) is 0.800. The maximum Gasteiger partial charge on any atom is 0.0109 e. The lowest BCUT2D eigenvalue weighted by Gasteiger charge is -2.23. The fourth-order valence-corrected chi connectivity index (χ4v) is 3.37. The maximum absolute atomic E-state index is 3.77. The minimum Gasteiger partial charge on any atom is -0.313 e. The number of rotatable bonds is 7. The van der Waals surface area contributed by atoms with Gasteiger partial charge in [0.25, 0.3) is 0 Å². The third kappa shape index (κ3) is 6.24. The molecule has 0 aromatic carbocycles. The molecule has 19 heavy (non-hydrogen) atoms. The first-order valence-corrected chi connectivity index (χ1v) is 8.49. The lowest BCUT2D eigenvalue weighted by Crippen LogP contribution is -2.38. The Labute approximate surface area is 119 Å².